The largest absolute Gasteiger partial charge is 0.319 e. The van der Waals surface area contributed by atoms with Crippen LogP contribution in [-0.2, 0) is 6.54 Å². The highest BCUT2D eigenvalue weighted by Crippen LogP contribution is 2.26. The fourth-order valence-corrected chi connectivity index (χ4v) is 4.50. The summed E-state index contributed by atoms with van der Waals surface area (Å²) < 4.78 is 3.57. The average molecular weight is 463 g/mol. The molecule has 0 aliphatic carbocycles. The number of amides is 1. The van der Waals surface area contributed by atoms with Crippen molar-refractivity contribution in [2.24, 2.45) is 0 Å². The molecule has 0 spiro atoms. The van der Waals surface area contributed by atoms with Crippen molar-refractivity contribution in [2.45, 2.75) is 20.4 Å². The van der Waals surface area contributed by atoms with Gasteiger partial charge in [-0.1, -0.05) is 29.8 Å². The van der Waals surface area contributed by atoms with Crippen molar-refractivity contribution < 1.29 is 4.79 Å². The van der Waals surface area contributed by atoms with Crippen molar-refractivity contribution in [1.82, 2.24) is 24.4 Å². The van der Waals surface area contributed by atoms with E-state index in [1.54, 1.807) is 28.2 Å². The summed E-state index contributed by atoms with van der Waals surface area (Å²) >= 11 is 7.59. The Hall–Kier alpha value is -3.49. The number of nitrogens with one attached hydrogen (secondary N) is 1. The van der Waals surface area contributed by atoms with E-state index in [4.69, 9.17) is 11.6 Å². The molecule has 7 nitrogen and oxygen atoms in total. The Morgan fingerprint density at radius 2 is 1.97 bits per heavy atom. The first-order chi connectivity index (χ1) is 15.5. The van der Waals surface area contributed by atoms with Gasteiger partial charge < -0.3 is 5.32 Å². The van der Waals surface area contributed by atoms with E-state index >= 15 is 0 Å². The van der Waals surface area contributed by atoms with Gasteiger partial charge in [0.25, 0.3) is 5.91 Å². The lowest BCUT2D eigenvalue weighted by Crippen LogP contribution is -2.13. The fourth-order valence-electron chi connectivity index (χ4n) is 3.64. The zero-order chi connectivity index (χ0) is 22.2. The number of fused-ring (bicyclic) bond motifs is 1. The standard InChI is InChI=1S/C23H19ClN6OS/c1-14-21(15(2)29(28-14)13-16-5-7-17(24)8-6-16)27-23(31)18-12-26-30-19(9-10-25-22(18)30)20-4-3-11-32-20/h3-12H,13H2,1-2H3,(H,27,31). The van der Waals surface area contributed by atoms with Gasteiger partial charge >= 0.3 is 0 Å². The number of thiophene rings is 1. The van der Waals surface area contributed by atoms with Crippen molar-refractivity contribution in [3.63, 3.8) is 0 Å². The summed E-state index contributed by atoms with van der Waals surface area (Å²) in [6, 6.07) is 13.5. The first-order valence-electron chi connectivity index (χ1n) is 9.97. The average Bonchev–Trinajstić information content (AvgIpc) is 3.52. The lowest BCUT2D eigenvalue weighted by atomic mass is 10.2. The molecule has 0 aliphatic rings. The molecule has 1 N–H and O–H groups in total. The first-order valence-corrected chi connectivity index (χ1v) is 11.2. The predicted molar refractivity (Wildman–Crippen MR) is 127 cm³/mol. The fraction of sp³-hybridized carbons (Fsp3) is 0.130. The number of halogens is 1. The van der Waals surface area contributed by atoms with Crippen LogP contribution in [0.5, 0.6) is 0 Å². The Balaban J connectivity index is 1.43. The lowest BCUT2D eigenvalue weighted by molar-refractivity contribution is 0.102. The highest BCUT2D eigenvalue weighted by atomic mass is 35.5. The van der Waals surface area contributed by atoms with E-state index in [1.807, 2.05) is 66.4 Å². The van der Waals surface area contributed by atoms with Gasteiger partial charge in [0.15, 0.2) is 5.65 Å². The Morgan fingerprint density at radius 1 is 1.16 bits per heavy atom. The van der Waals surface area contributed by atoms with E-state index in [2.05, 4.69) is 20.5 Å². The van der Waals surface area contributed by atoms with Gasteiger partial charge in [-0.2, -0.15) is 10.2 Å². The molecule has 160 valence electrons. The molecule has 32 heavy (non-hydrogen) atoms. The van der Waals surface area contributed by atoms with Crippen LogP contribution in [0.15, 0.2) is 60.2 Å². The molecule has 9 heteroatoms. The normalized spacial score (nSPS) is 11.2. The zero-order valence-corrected chi connectivity index (χ0v) is 19.0. The van der Waals surface area contributed by atoms with Gasteiger partial charge in [-0.3, -0.25) is 9.48 Å². The number of aryl methyl sites for hydroxylation is 1. The van der Waals surface area contributed by atoms with Gasteiger partial charge in [0.1, 0.15) is 5.56 Å². The van der Waals surface area contributed by atoms with Gasteiger partial charge in [0.05, 0.1) is 40.4 Å². The van der Waals surface area contributed by atoms with E-state index in [0.29, 0.717) is 28.5 Å². The number of anilines is 1. The molecule has 0 unspecified atom stereocenters. The number of rotatable bonds is 5. The van der Waals surface area contributed by atoms with Gasteiger partial charge in [0, 0.05) is 11.2 Å². The van der Waals surface area contributed by atoms with Crippen molar-refractivity contribution in [3.05, 3.63) is 87.8 Å². The lowest BCUT2D eigenvalue weighted by Gasteiger charge is -2.07. The number of carbonyl (C=O) groups is 1. The van der Waals surface area contributed by atoms with Crippen LogP contribution in [0.1, 0.15) is 27.3 Å². The SMILES string of the molecule is Cc1nn(Cc2ccc(Cl)cc2)c(C)c1NC(=O)c1cnn2c(-c3cccs3)ccnc12. The summed E-state index contributed by atoms with van der Waals surface area (Å²) in [6.07, 6.45) is 3.25. The molecule has 0 radical (unpaired) electrons. The number of aromatic nitrogens is 5. The molecule has 0 atom stereocenters. The van der Waals surface area contributed by atoms with Crippen LogP contribution in [0.4, 0.5) is 5.69 Å². The number of carbonyl (C=O) groups excluding carboxylic acids is 1. The van der Waals surface area contributed by atoms with Crippen LogP contribution >= 0.6 is 22.9 Å². The van der Waals surface area contributed by atoms with Crippen molar-refractivity contribution in [2.75, 3.05) is 5.32 Å². The maximum atomic E-state index is 13.1. The summed E-state index contributed by atoms with van der Waals surface area (Å²) in [4.78, 5) is 18.6. The van der Waals surface area contributed by atoms with Crippen LogP contribution in [0, 0.1) is 13.8 Å². The second-order valence-corrected chi connectivity index (χ2v) is 8.77. The summed E-state index contributed by atoms with van der Waals surface area (Å²) in [5, 5.41) is 14.7. The minimum absolute atomic E-state index is 0.270. The highest BCUT2D eigenvalue weighted by Gasteiger charge is 2.20. The molecule has 0 fully saturated rings. The number of nitrogens with zero attached hydrogens (tertiary/aromatic N) is 5. The highest BCUT2D eigenvalue weighted by molar-refractivity contribution is 7.13. The number of hydrogen-bond acceptors (Lipinski definition) is 5. The van der Waals surface area contributed by atoms with Crippen LogP contribution in [0.3, 0.4) is 0 Å². The molecule has 0 aliphatic heterocycles. The Labute approximate surface area is 193 Å². The van der Waals surface area contributed by atoms with E-state index in [0.717, 1.165) is 27.5 Å². The monoisotopic (exact) mass is 462 g/mol. The molecule has 4 aromatic heterocycles. The van der Waals surface area contributed by atoms with Crippen molar-refractivity contribution in [3.8, 4) is 10.6 Å². The Morgan fingerprint density at radius 3 is 2.72 bits per heavy atom. The minimum Gasteiger partial charge on any atom is -0.319 e. The quantitative estimate of drug-likeness (QED) is 0.388. The third-order valence-electron chi connectivity index (χ3n) is 5.29. The van der Waals surface area contributed by atoms with Gasteiger partial charge in [-0.05, 0) is 49.1 Å². The smallest absolute Gasteiger partial charge is 0.261 e. The molecule has 5 rings (SSSR count). The molecular formula is C23H19ClN6OS. The number of benzene rings is 1. The third kappa shape index (κ3) is 3.68. The summed E-state index contributed by atoms with van der Waals surface area (Å²) in [6.45, 7) is 4.40. The molecule has 0 saturated heterocycles. The predicted octanol–water partition coefficient (Wildman–Crippen LogP) is 5.23. The minimum atomic E-state index is -0.270. The van der Waals surface area contributed by atoms with Crippen LogP contribution in [-0.4, -0.2) is 30.3 Å². The van der Waals surface area contributed by atoms with Crippen molar-refractivity contribution >= 4 is 40.2 Å². The van der Waals surface area contributed by atoms with E-state index in [-0.39, 0.29) is 5.91 Å². The molecule has 1 aromatic carbocycles. The second-order valence-electron chi connectivity index (χ2n) is 7.39. The molecule has 5 aromatic rings. The second kappa shape index (κ2) is 8.22. The number of hydrogen-bond donors (Lipinski definition) is 1. The maximum absolute atomic E-state index is 13.1. The maximum Gasteiger partial charge on any atom is 0.261 e. The van der Waals surface area contributed by atoms with Gasteiger partial charge in [-0.25, -0.2) is 9.50 Å². The molecular weight excluding hydrogens is 444 g/mol. The van der Waals surface area contributed by atoms with E-state index in [9.17, 15) is 4.79 Å². The van der Waals surface area contributed by atoms with Crippen molar-refractivity contribution in [1.29, 1.82) is 0 Å². The topological polar surface area (TPSA) is 77.1 Å². The van der Waals surface area contributed by atoms with Gasteiger partial charge in [-0.15, -0.1) is 11.3 Å². The molecule has 4 heterocycles. The summed E-state index contributed by atoms with van der Waals surface area (Å²) in [5.41, 5.74) is 5.20. The molecule has 0 saturated carbocycles. The summed E-state index contributed by atoms with van der Waals surface area (Å²) in [5.74, 6) is -0.270. The first kappa shape index (κ1) is 20.4. The third-order valence-corrected chi connectivity index (χ3v) is 6.43. The van der Waals surface area contributed by atoms with E-state index < -0.39 is 0 Å². The van der Waals surface area contributed by atoms with Crippen LogP contribution in [0.2, 0.25) is 5.02 Å². The molecule has 1 amide bonds. The zero-order valence-electron chi connectivity index (χ0n) is 17.4. The molecule has 0 bridgehead atoms. The Bertz CT molecular complexity index is 1420. The van der Waals surface area contributed by atoms with E-state index in [1.165, 1.54) is 0 Å². The Kier molecular flexibility index (Phi) is 5.24. The van der Waals surface area contributed by atoms with Gasteiger partial charge in [0.2, 0.25) is 0 Å². The van der Waals surface area contributed by atoms with Crippen LogP contribution in [0.25, 0.3) is 16.2 Å². The van der Waals surface area contributed by atoms with Crippen LogP contribution < -0.4 is 5.32 Å². The summed E-state index contributed by atoms with van der Waals surface area (Å²) in [7, 11) is 0.